The molecule has 8 nitrogen and oxygen atoms in total. The number of nitrogens with zero attached hydrogens (tertiary/aromatic N) is 1. The minimum Gasteiger partial charge on any atom is -0.449 e. The first kappa shape index (κ1) is 19.1. The van der Waals surface area contributed by atoms with E-state index >= 15 is 0 Å². The van der Waals surface area contributed by atoms with Crippen molar-refractivity contribution in [1.29, 1.82) is 0 Å². The molecule has 0 spiro atoms. The van der Waals surface area contributed by atoms with Crippen molar-refractivity contribution < 1.29 is 27.5 Å². The number of morpholine rings is 1. The minimum absolute atomic E-state index is 0.177. The molecule has 0 aliphatic carbocycles. The lowest BCUT2D eigenvalue weighted by Gasteiger charge is -2.26. The van der Waals surface area contributed by atoms with Gasteiger partial charge < -0.3 is 15.2 Å². The van der Waals surface area contributed by atoms with Crippen LogP contribution in [-0.4, -0.2) is 57.0 Å². The molecule has 1 fully saturated rings. The molecule has 9 heteroatoms. The number of ether oxygens (including phenoxy) is 2. The maximum Gasteiger partial charge on any atom is 0.331 e. The van der Waals surface area contributed by atoms with Crippen molar-refractivity contribution in [3.05, 3.63) is 35.9 Å². The summed E-state index contributed by atoms with van der Waals surface area (Å²) in [6, 6.07) is 6.10. The summed E-state index contributed by atoms with van der Waals surface area (Å²) in [5, 5.41) is 0. The van der Waals surface area contributed by atoms with Crippen molar-refractivity contribution in [2.45, 2.75) is 17.9 Å². The van der Waals surface area contributed by atoms with E-state index in [9.17, 15) is 18.0 Å². The summed E-state index contributed by atoms with van der Waals surface area (Å²) >= 11 is 0. The van der Waals surface area contributed by atoms with Crippen LogP contribution in [0, 0.1) is 0 Å². The molecule has 1 saturated heterocycles. The molecule has 0 unspecified atom stereocenters. The Morgan fingerprint density at radius 1 is 1.24 bits per heavy atom. The van der Waals surface area contributed by atoms with Crippen LogP contribution in [0.3, 0.4) is 0 Å². The highest BCUT2D eigenvalue weighted by atomic mass is 32.2. The van der Waals surface area contributed by atoms with Gasteiger partial charge in [0.1, 0.15) is 0 Å². The highest BCUT2D eigenvalue weighted by Gasteiger charge is 2.25. The van der Waals surface area contributed by atoms with Crippen LogP contribution in [0.15, 0.2) is 35.2 Å². The zero-order valence-electron chi connectivity index (χ0n) is 13.8. The van der Waals surface area contributed by atoms with Gasteiger partial charge in [-0.1, -0.05) is 12.1 Å². The molecule has 1 aliphatic rings. The van der Waals surface area contributed by atoms with Crippen LogP contribution in [0.5, 0.6) is 0 Å². The third-order valence-electron chi connectivity index (χ3n) is 3.59. The van der Waals surface area contributed by atoms with Crippen LogP contribution < -0.4 is 5.73 Å². The number of carbonyl (C=O) groups excluding carboxylic acids is 2. The Hall–Kier alpha value is -2.23. The van der Waals surface area contributed by atoms with E-state index in [0.29, 0.717) is 31.9 Å². The molecule has 1 atom stereocenters. The second-order valence-corrected chi connectivity index (χ2v) is 7.34. The van der Waals surface area contributed by atoms with Crippen LogP contribution in [0.1, 0.15) is 12.5 Å². The second-order valence-electron chi connectivity index (χ2n) is 5.40. The van der Waals surface area contributed by atoms with Gasteiger partial charge in [0.2, 0.25) is 10.0 Å². The molecule has 0 saturated carbocycles. The summed E-state index contributed by atoms with van der Waals surface area (Å²) < 4.78 is 36.3. The Kier molecular flexibility index (Phi) is 6.29. The molecule has 1 heterocycles. The first-order valence-corrected chi connectivity index (χ1v) is 9.10. The summed E-state index contributed by atoms with van der Waals surface area (Å²) in [7, 11) is -3.55. The molecular weight excluding hydrogens is 348 g/mol. The van der Waals surface area contributed by atoms with E-state index in [-0.39, 0.29) is 4.90 Å². The minimum atomic E-state index is -3.55. The van der Waals surface area contributed by atoms with Crippen molar-refractivity contribution in [2.75, 3.05) is 26.3 Å². The topological polar surface area (TPSA) is 116 Å². The largest absolute Gasteiger partial charge is 0.449 e. The van der Waals surface area contributed by atoms with Crippen LogP contribution in [0.2, 0.25) is 0 Å². The summed E-state index contributed by atoms with van der Waals surface area (Å²) in [5.74, 6) is -1.45. The van der Waals surface area contributed by atoms with Crippen LogP contribution in [-0.2, 0) is 29.1 Å². The molecule has 136 valence electrons. The number of primary amides is 1. The van der Waals surface area contributed by atoms with Gasteiger partial charge in [0, 0.05) is 19.2 Å². The van der Waals surface area contributed by atoms with Gasteiger partial charge in [-0.25, -0.2) is 13.2 Å². The number of amides is 1. The lowest BCUT2D eigenvalue weighted by Crippen LogP contribution is -2.40. The molecule has 1 amide bonds. The second kappa shape index (κ2) is 8.24. The van der Waals surface area contributed by atoms with Crippen molar-refractivity contribution in [1.82, 2.24) is 4.31 Å². The SMILES string of the molecule is C[C@@H](OC(=O)/C=C/c1ccc(S(=O)(=O)N2CCOCC2)cc1)C(N)=O. The van der Waals surface area contributed by atoms with E-state index in [1.165, 1.54) is 29.4 Å². The van der Waals surface area contributed by atoms with Crippen molar-refractivity contribution >= 4 is 28.0 Å². The fourth-order valence-corrected chi connectivity index (χ4v) is 3.53. The molecule has 0 aromatic heterocycles. The Labute approximate surface area is 146 Å². The first-order chi connectivity index (χ1) is 11.8. The fraction of sp³-hybridized carbons (Fsp3) is 0.375. The normalized spacial score (nSPS) is 17.3. The fourth-order valence-electron chi connectivity index (χ4n) is 2.12. The molecule has 2 N–H and O–H groups in total. The summed E-state index contributed by atoms with van der Waals surface area (Å²) in [4.78, 5) is 22.5. The highest BCUT2D eigenvalue weighted by molar-refractivity contribution is 7.89. The monoisotopic (exact) mass is 368 g/mol. The van der Waals surface area contributed by atoms with E-state index in [4.69, 9.17) is 15.2 Å². The van der Waals surface area contributed by atoms with Crippen molar-refractivity contribution in [3.63, 3.8) is 0 Å². The Morgan fingerprint density at radius 2 is 1.84 bits per heavy atom. The third kappa shape index (κ3) is 5.12. The third-order valence-corrected chi connectivity index (χ3v) is 5.51. The molecule has 1 aromatic rings. The molecule has 1 aromatic carbocycles. The maximum absolute atomic E-state index is 12.5. The first-order valence-electron chi connectivity index (χ1n) is 7.66. The molecule has 1 aliphatic heterocycles. The molecule has 0 radical (unpaired) electrons. The summed E-state index contributed by atoms with van der Waals surface area (Å²) in [6.45, 7) is 2.79. The average molecular weight is 368 g/mol. The van der Waals surface area contributed by atoms with Gasteiger partial charge in [0.25, 0.3) is 5.91 Å². The molecule has 2 rings (SSSR count). The zero-order chi connectivity index (χ0) is 18.4. The number of nitrogens with two attached hydrogens (primary N) is 1. The molecule has 0 bridgehead atoms. The van der Waals surface area contributed by atoms with Gasteiger partial charge in [0.05, 0.1) is 18.1 Å². The van der Waals surface area contributed by atoms with Crippen LogP contribution in [0.25, 0.3) is 6.08 Å². The zero-order valence-corrected chi connectivity index (χ0v) is 14.6. The lowest BCUT2D eigenvalue weighted by molar-refractivity contribution is -0.148. The number of esters is 1. The van der Waals surface area contributed by atoms with Gasteiger partial charge in [-0.3, -0.25) is 4.79 Å². The number of rotatable bonds is 6. The summed E-state index contributed by atoms with van der Waals surface area (Å²) in [5.41, 5.74) is 5.62. The van der Waals surface area contributed by atoms with Gasteiger partial charge >= 0.3 is 5.97 Å². The Bertz CT molecular complexity index is 751. The Morgan fingerprint density at radius 3 is 2.40 bits per heavy atom. The number of hydrogen-bond donors (Lipinski definition) is 1. The quantitative estimate of drug-likeness (QED) is 0.564. The van der Waals surface area contributed by atoms with E-state index in [0.717, 1.165) is 6.08 Å². The van der Waals surface area contributed by atoms with E-state index in [2.05, 4.69) is 0 Å². The maximum atomic E-state index is 12.5. The summed E-state index contributed by atoms with van der Waals surface area (Å²) in [6.07, 6.45) is 1.59. The number of benzene rings is 1. The van der Waals surface area contributed by atoms with Crippen LogP contribution >= 0.6 is 0 Å². The average Bonchev–Trinajstić information content (AvgIpc) is 2.61. The van der Waals surface area contributed by atoms with Crippen LogP contribution in [0.4, 0.5) is 0 Å². The standard InChI is InChI=1S/C16H20N2O6S/c1-12(16(17)20)24-15(19)7-4-13-2-5-14(6-3-13)25(21,22)18-8-10-23-11-9-18/h2-7,12H,8-11H2,1H3,(H2,17,20)/b7-4+/t12-/m1/s1. The van der Waals surface area contributed by atoms with E-state index in [1.807, 2.05) is 0 Å². The number of sulfonamides is 1. The number of carbonyl (C=O) groups is 2. The Balaban J connectivity index is 2.03. The smallest absolute Gasteiger partial charge is 0.331 e. The lowest BCUT2D eigenvalue weighted by atomic mass is 10.2. The van der Waals surface area contributed by atoms with Gasteiger partial charge in [-0.2, -0.15) is 4.31 Å². The molecular formula is C16H20N2O6S. The van der Waals surface area contributed by atoms with Gasteiger partial charge in [-0.05, 0) is 30.7 Å². The number of hydrogen-bond acceptors (Lipinski definition) is 6. The highest BCUT2D eigenvalue weighted by Crippen LogP contribution is 2.18. The van der Waals surface area contributed by atoms with E-state index in [1.54, 1.807) is 12.1 Å². The van der Waals surface area contributed by atoms with Gasteiger partial charge in [-0.15, -0.1) is 0 Å². The predicted molar refractivity (Wildman–Crippen MR) is 89.8 cm³/mol. The van der Waals surface area contributed by atoms with E-state index < -0.39 is 28.0 Å². The van der Waals surface area contributed by atoms with Crippen molar-refractivity contribution in [3.8, 4) is 0 Å². The predicted octanol–water partition coefficient (Wildman–Crippen LogP) is 0.138. The van der Waals surface area contributed by atoms with Crippen molar-refractivity contribution in [2.24, 2.45) is 5.73 Å². The van der Waals surface area contributed by atoms with Gasteiger partial charge in [0.15, 0.2) is 6.10 Å². The molecule has 25 heavy (non-hydrogen) atoms.